The van der Waals surface area contributed by atoms with Crippen LogP contribution in [-0.2, 0) is 9.59 Å². The van der Waals surface area contributed by atoms with Gasteiger partial charge in [-0.1, -0.05) is 30.3 Å². The van der Waals surface area contributed by atoms with Crippen LogP contribution in [-0.4, -0.2) is 24.3 Å². The third-order valence-corrected chi connectivity index (χ3v) is 4.04. The number of carbonyl (C=O) groups is 3. The Balaban J connectivity index is 1.51. The number of hydrazine groups is 1. The Morgan fingerprint density at radius 1 is 0.962 bits per heavy atom. The van der Waals surface area contributed by atoms with Crippen molar-refractivity contribution in [2.45, 2.75) is 12.8 Å². The van der Waals surface area contributed by atoms with E-state index in [0.29, 0.717) is 12.0 Å². The molecule has 6 nitrogen and oxygen atoms in total. The summed E-state index contributed by atoms with van der Waals surface area (Å²) in [7, 11) is 0. The number of amides is 3. The van der Waals surface area contributed by atoms with E-state index in [4.69, 9.17) is 0 Å². The molecule has 0 spiro atoms. The quantitative estimate of drug-likeness (QED) is 0.657. The summed E-state index contributed by atoms with van der Waals surface area (Å²) >= 11 is 0. The van der Waals surface area contributed by atoms with Crippen molar-refractivity contribution in [3.8, 4) is 0 Å². The Bertz CT molecular complexity index is 829. The van der Waals surface area contributed by atoms with Crippen molar-refractivity contribution in [1.82, 2.24) is 10.9 Å². The van der Waals surface area contributed by atoms with Gasteiger partial charge in [-0.15, -0.1) is 0 Å². The van der Waals surface area contributed by atoms with Gasteiger partial charge in [0.1, 0.15) is 0 Å². The van der Waals surface area contributed by atoms with E-state index in [1.165, 1.54) is 6.08 Å². The average Bonchev–Trinajstić information content (AvgIpc) is 3.11. The Morgan fingerprint density at radius 3 is 2.35 bits per heavy atom. The van der Waals surface area contributed by atoms with Crippen molar-refractivity contribution < 1.29 is 14.4 Å². The number of hydrogen-bond acceptors (Lipinski definition) is 3. The van der Waals surface area contributed by atoms with E-state index in [1.807, 2.05) is 30.3 Å². The van der Waals surface area contributed by atoms with Gasteiger partial charge in [-0.3, -0.25) is 25.2 Å². The minimum absolute atomic E-state index is 0.141. The predicted molar refractivity (Wildman–Crippen MR) is 99.1 cm³/mol. The van der Waals surface area contributed by atoms with Gasteiger partial charge < -0.3 is 4.90 Å². The van der Waals surface area contributed by atoms with Crippen molar-refractivity contribution in [3.63, 3.8) is 0 Å². The molecular formula is C20H19N3O3. The average molecular weight is 349 g/mol. The molecule has 0 bridgehead atoms. The highest BCUT2D eigenvalue weighted by atomic mass is 16.2. The summed E-state index contributed by atoms with van der Waals surface area (Å²) < 4.78 is 0. The van der Waals surface area contributed by atoms with E-state index in [1.54, 1.807) is 35.2 Å². The van der Waals surface area contributed by atoms with Gasteiger partial charge in [0, 0.05) is 30.3 Å². The van der Waals surface area contributed by atoms with Crippen LogP contribution < -0.4 is 15.8 Å². The normalized spacial score (nSPS) is 13.8. The fourth-order valence-electron chi connectivity index (χ4n) is 2.68. The molecule has 0 radical (unpaired) electrons. The zero-order valence-electron chi connectivity index (χ0n) is 14.1. The van der Waals surface area contributed by atoms with Crippen LogP contribution in [0.2, 0.25) is 0 Å². The molecule has 6 heteroatoms. The first-order chi connectivity index (χ1) is 12.6. The van der Waals surface area contributed by atoms with Gasteiger partial charge in [0.25, 0.3) is 11.8 Å². The molecule has 3 rings (SSSR count). The molecular weight excluding hydrogens is 330 g/mol. The minimum atomic E-state index is -0.437. The highest BCUT2D eigenvalue weighted by molar-refractivity contribution is 5.98. The van der Waals surface area contributed by atoms with E-state index >= 15 is 0 Å². The van der Waals surface area contributed by atoms with Crippen molar-refractivity contribution in [1.29, 1.82) is 0 Å². The van der Waals surface area contributed by atoms with E-state index < -0.39 is 5.91 Å². The first-order valence-electron chi connectivity index (χ1n) is 8.37. The fraction of sp³-hybridized carbons (Fsp3) is 0.150. The van der Waals surface area contributed by atoms with Crippen molar-refractivity contribution in [2.24, 2.45) is 0 Å². The summed E-state index contributed by atoms with van der Waals surface area (Å²) in [5, 5.41) is 0. The second-order valence-corrected chi connectivity index (χ2v) is 5.88. The third kappa shape index (κ3) is 4.36. The lowest BCUT2D eigenvalue weighted by Gasteiger charge is -2.15. The highest BCUT2D eigenvalue weighted by Crippen LogP contribution is 2.21. The smallest absolute Gasteiger partial charge is 0.269 e. The lowest BCUT2D eigenvalue weighted by Crippen LogP contribution is -2.40. The number of carbonyl (C=O) groups excluding carboxylic acids is 3. The van der Waals surface area contributed by atoms with Gasteiger partial charge in [0.15, 0.2) is 0 Å². The Hall–Kier alpha value is -3.41. The SMILES string of the molecule is O=C(/C=C/c1ccc(N2CCCC2=O)cc1)NNC(=O)c1ccccc1. The van der Waals surface area contributed by atoms with Crippen molar-refractivity contribution in [3.05, 3.63) is 71.8 Å². The summed E-state index contributed by atoms with van der Waals surface area (Å²) in [6.07, 6.45) is 4.45. The zero-order chi connectivity index (χ0) is 18.4. The van der Waals surface area contributed by atoms with E-state index in [-0.39, 0.29) is 11.8 Å². The zero-order valence-corrected chi connectivity index (χ0v) is 14.1. The molecule has 1 fully saturated rings. The molecule has 0 aliphatic carbocycles. The number of benzene rings is 2. The van der Waals surface area contributed by atoms with Crippen LogP contribution in [0.4, 0.5) is 5.69 Å². The topological polar surface area (TPSA) is 78.5 Å². The van der Waals surface area contributed by atoms with Crippen LogP contribution in [0.25, 0.3) is 6.08 Å². The lowest BCUT2D eigenvalue weighted by atomic mass is 10.2. The number of nitrogens with zero attached hydrogens (tertiary/aromatic N) is 1. The maximum Gasteiger partial charge on any atom is 0.269 e. The first-order valence-corrected chi connectivity index (χ1v) is 8.37. The fourth-order valence-corrected chi connectivity index (χ4v) is 2.68. The summed E-state index contributed by atoms with van der Waals surface area (Å²) in [4.78, 5) is 37.1. The second kappa shape index (κ2) is 8.11. The summed E-state index contributed by atoms with van der Waals surface area (Å²) in [6, 6.07) is 16.0. The molecule has 2 aromatic rings. The minimum Gasteiger partial charge on any atom is -0.312 e. The van der Waals surface area contributed by atoms with Crippen LogP contribution in [0.5, 0.6) is 0 Å². The van der Waals surface area contributed by atoms with E-state index in [0.717, 1.165) is 24.2 Å². The van der Waals surface area contributed by atoms with Gasteiger partial charge in [0.05, 0.1) is 0 Å². The molecule has 0 atom stereocenters. The molecule has 132 valence electrons. The molecule has 0 unspecified atom stereocenters. The first kappa shape index (κ1) is 17.4. The Kier molecular flexibility index (Phi) is 5.43. The van der Waals surface area contributed by atoms with Crippen molar-refractivity contribution >= 4 is 29.5 Å². The molecule has 2 aromatic carbocycles. The van der Waals surface area contributed by atoms with E-state index in [2.05, 4.69) is 10.9 Å². The summed E-state index contributed by atoms with van der Waals surface area (Å²) in [6.45, 7) is 0.748. The molecule has 3 amide bonds. The maximum atomic E-state index is 11.8. The monoisotopic (exact) mass is 349 g/mol. The van der Waals surface area contributed by atoms with Gasteiger partial charge in [-0.05, 0) is 42.3 Å². The van der Waals surface area contributed by atoms with Crippen LogP contribution in [0, 0.1) is 0 Å². The molecule has 0 aromatic heterocycles. The molecule has 1 aliphatic rings. The number of rotatable bonds is 4. The van der Waals surface area contributed by atoms with E-state index in [9.17, 15) is 14.4 Å². The van der Waals surface area contributed by atoms with Crippen molar-refractivity contribution in [2.75, 3.05) is 11.4 Å². The number of hydrogen-bond donors (Lipinski definition) is 2. The van der Waals surface area contributed by atoms with Crippen LogP contribution in [0.1, 0.15) is 28.8 Å². The van der Waals surface area contributed by atoms with Gasteiger partial charge >= 0.3 is 0 Å². The number of anilines is 1. The number of nitrogens with one attached hydrogen (secondary N) is 2. The van der Waals surface area contributed by atoms with Gasteiger partial charge in [-0.2, -0.15) is 0 Å². The molecule has 1 heterocycles. The molecule has 26 heavy (non-hydrogen) atoms. The van der Waals surface area contributed by atoms with Crippen LogP contribution >= 0.6 is 0 Å². The molecule has 0 saturated carbocycles. The van der Waals surface area contributed by atoms with Gasteiger partial charge in [0.2, 0.25) is 5.91 Å². The van der Waals surface area contributed by atoms with Crippen LogP contribution in [0.3, 0.4) is 0 Å². The largest absolute Gasteiger partial charge is 0.312 e. The third-order valence-electron chi connectivity index (χ3n) is 4.04. The van der Waals surface area contributed by atoms with Crippen LogP contribution in [0.15, 0.2) is 60.7 Å². The lowest BCUT2D eigenvalue weighted by molar-refractivity contribution is -0.117. The summed E-state index contributed by atoms with van der Waals surface area (Å²) in [5.41, 5.74) is 6.84. The summed E-state index contributed by atoms with van der Waals surface area (Å²) in [5.74, 6) is -0.679. The maximum absolute atomic E-state index is 11.8. The standard InChI is InChI=1S/C20H19N3O3/c24-18(21-22-20(26)16-5-2-1-3-6-16)13-10-15-8-11-17(12-9-15)23-14-4-7-19(23)25/h1-3,5-6,8-13H,4,7,14H2,(H,21,24)(H,22,26)/b13-10+. The molecule has 2 N–H and O–H groups in total. The molecule has 1 aliphatic heterocycles. The Labute approximate surface area is 151 Å². The molecule has 1 saturated heterocycles. The highest BCUT2D eigenvalue weighted by Gasteiger charge is 2.21. The Morgan fingerprint density at radius 2 is 1.69 bits per heavy atom. The predicted octanol–water partition coefficient (Wildman–Crippen LogP) is 2.29. The van der Waals surface area contributed by atoms with Gasteiger partial charge in [-0.25, -0.2) is 0 Å². The second-order valence-electron chi connectivity index (χ2n) is 5.88.